The Labute approximate surface area is 158 Å². The van der Waals surface area contributed by atoms with E-state index in [2.05, 4.69) is 0 Å². The van der Waals surface area contributed by atoms with E-state index in [1.807, 2.05) is 48.5 Å². The fourth-order valence-corrected chi connectivity index (χ4v) is 3.91. The molecule has 2 aromatic rings. The van der Waals surface area contributed by atoms with Crippen LogP contribution in [0, 0.1) is 0 Å². The van der Waals surface area contributed by atoms with Crippen LogP contribution in [0.3, 0.4) is 0 Å². The highest BCUT2D eigenvalue weighted by Gasteiger charge is 2.49. The third-order valence-corrected chi connectivity index (χ3v) is 5.27. The summed E-state index contributed by atoms with van der Waals surface area (Å²) in [5.74, 6) is 0.720. The molecule has 2 aromatic carbocycles. The van der Waals surface area contributed by atoms with Crippen molar-refractivity contribution in [2.45, 2.75) is 12.0 Å². The van der Waals surface area contributed by atoms with Gasteiger partial charge in [-0.2, -0.15) is 0 Å². The molecule has 1 spiro atoms. The van der Waals surface area contributed by atoms with Gasteiger partial charge in [0, 0.05) is 31.1 Å². The Morgan fingerprint density at radius 1 is 1.15 bits per heavy atom. The Kier molecular flexibility index (Phi) is 4.26. The number of methoxy groups -OCH3 is 1. The maximum atomic E-state index is 13.0. The second kappa shape index (κ2) is 6.61. The first kappa shape index (κ1) is 17.4. The number of hydrogen-bond acceptors (Lipinski definition) is 4. The Bertz CT molecular complexity index is 897. The maximum Gasteiger partial charge on any atom is 0.410 e. The minimum absolute atomic E-state index is 0.0470. The van der Waals surface area contributed by atoms with E-state index < -0.39 is 5.60 Å². The summed E-state index contributed by atoms with van der Waals surface area (Å²) in [4.78, 5) is 28.1. The number of hydrogen-bond donors (Lipinski definition) is 0. The second-order valence-corrected chi connectivity index (χ2v) is 7.16. The van der Waals surface area contributed by atoms with Gasteiger partial charge in [0.1, 0.15) is 5.75 Å². The number of amides is 2. The molecule has 0 aliphatic carbocycles. The highest BCUT2D eigenvalue weighted by Crippen LogP contribution is 2.34. The highest BCUT2D eigenvalue weighted by molar-refractivity contribution is 5.96. The van der Waals surface area contributed by atoms with Crippen LogP contribution in [0.4, 0.5) is 4.79 Å². The van der Waals surface area contributed by atoms with E-state index in [9.17, 15) is 9.59 Å². The van der Waals surface area contributed by atoms with Crippen LogP contribution < -0.4 is 4.74 Å². The maximum absolute atomic E-state index is 13.0. The van der Waals surface area contributed by atoms with Crippen LogP contribution in [0.15, 0.2) is 48.5 Å². The predicted molar refractivity (Wildman–Crippen MR) is 101 cm³/mol. The molecule has 0 radical (unpaired) electrons. The molecule has 6 heteroatoms. The second-order valence-electron chi connectivity index (χ2n) is 7.16. The van der Waals surface area contributed by atoms with Gasteiger partial charge in [-0.05, 0) is 23.8 Å². The summed E-state index contributed by atoms with van der Waals surface area (Å²) in [7, 11) is 3.36. The van der Waals surface area contributed by atoms with Crippen molar-refractivity contribution in [2.75, 3.05) is 33.8 Å². The average molecular weight is 366 g/mol. The molecule has 2 aliphatic rings. The molecule has 6 nitrogen and oxygen atoms in total. The van der Waals surface area contributed by atoms with Crippen LogP contribution in [0.1, 0.15) is 16.8 Å². The summed E-state index contributed by atoms with van der Waals surface area (Å²) >= 11 is 0. The summed E-state index contributed by atoms with van der Waals surface area (Å²) in [5.41, 5.74) is 1.92. The van der Waals surface area contributed by atoms with Crippen LogP contribution in [0.25, 0.3) is 11.1 Å². The van der Waals surface area contributed by atoms with Crippen molar-refractivity contribution in [3.63, 3.8) is 0 Å². The van der Waals surface area contributed by atoms with Crippen molar-refractivity contribution in [3.8, 4) is 16.9 Å². The van der Waals surface area contributed by atoms with Crippen molar-refractivity contribution >= 4 is 12.0 Å². The Morgan fingerprint density at radius 3 is 2.70 bits per heavy atom. The lowest BCUT2D eigenvalue weighted by molar-refractivity contribution is 0.0553. The van der Waals surface area contributed by atoms with Gasteiger partial charge in [0.2, 0.25) is 0 Å². The smallest absolute Gasteiger partial charge is 0.410 e. The zero-order valence-electron chi connectivity index (χ0n) is 15.5. The van der Waals surface area contributed by atoms with Gasteiger partial charge in [-0.25, -0.2) is 4.79 Å². The molecule has 1 unspecified atom stereocenters. The molecule has 4 rings (SSSR count). The normalized spacial score (nSPS) is 21.6. The molecule has 1 atom stereocenters. The van der Waals surface area contributed by atoms with Crippen LogP contribution in [0.5, 0.6) is 5.75 Å². The van der Waals surface area contributed by atoms with E-state index in [0.29, 0.717) is 31.6 Å². The van der Waals surface area contributed by atoms with E-state index in [4.69, 9.17) is 9.47 Å². The van der Waals surface area contributed by atoms with Crippen LogP contribution in [-0.4, -0.2) is 61.2 Å². The van der Waals surface area contributed by atoms with Crippen LogP contribution in [0.2, 0.25) is 0 Å². The number of likely N-dealkylation sites (N-methyl/N-ethyl adjacent to an activating group) is 1. The molecule has 2 aliphatic heterocycles. The number of likely N-dealkylation sites (tertiary alicyclic amines) is 1. The fraction of sp³-hybridized carbons (Fsp3) is 0.333. The van der Waals surface area contributed by atoms with Gasteiger partial charge < -0.3 is 19.3 Å². The van der Waals surface area contributed by atoms with Crippen molar-refractivity contribution < 1.29 is 19.1 Å². The van der Waals surface area contributed by atoms with Crippen molar-refractivity contribution in [1.29, 1.82) is 0 Å². The Morgan fingerprint density at radius 2 is 1.96 bits per heavy atom. The van der Waals surface area contributed by atoms with Crippen molar-refractivity contribution in [2.24, 2.45) is 0 Å². The van der Waals surface area contributed by atoms with Gasteiger partial charge in [0.25, 0.3) is 5.91 Å². The predicted octanol–water partition coefficient (Wildman–Crippen LogP) is 3.03. The number of para-hydroxylation sites is 1. The molecule has 140 valence electrons. The third kappa shape index (κ3) is 3.12. The minimum Gasteiger partial charge on any atom is -0.496 e. The molecule has 2 amide bonds. The summed E-state index contributed by atoms with van der Waals surface area (Å²) in [6.45, 7) is 1.54. The molecule has 0 bridgehead atoms. The topological polar surface area (TPSA) is 59.1 Å². The van der Waals surface area contributed by atoms with Gasteiger partial charge in [0.05, 0.1) is 20.2 Å². The van der Waals surface area contributed by atoms with E-state index in [1.165, 1.54) is 0 Å². The molecule has 2 saturated heterocycles. The molecular formula is C21H22N2O4. The summed E-state index contributed by atoms with van der Waals surface area (Å²) in [6, 6.07) is 15.3. The van der Waals surface area contributed by atoms with Crippen molar-refractivity contribution in [1.82, 2.24) is 9.80 Å². The molecule has 2 fully saturated rings. The number of rotatable bonds is 3. The number of carbonyl (C=O) groups excluding carboxylic acids is 2. The lowest BCUT2D eigenvalue weighted by atomic mass is 10.0. The first-order valence-corrected chi connectivity index (χ1v) is 8.98. The highest BCUT2D eigenvalue weighted by atomic mass is 16.6. The lowest BCUT2D eigenvalue weighted by Gasteiger charge is -2.22. The van der Waals surface area contributed by atoms with Gasteiger partial charge >= 0.3 is 6.09 Å². The van der Waals surface area contributed by atoms with E-state index in [0.717, 1.165) is 16.9 Å². The monoisotopic (exact) mass is 366 g/mol. The zero-order chi connectivity index (χ0) is 19.0. The fourth-order valence-electron chi connectivity index (χ4n) is 3.91. The van der Waals surface area contributed by atoms with Gasteiger partial charge in [-0.15, -0.1) is 0 Å². The summed E-state index contributed by atoms with van der Waals surface area (Å²) < 4.78 is 11.0. The number of nitrogens with zero attached hydrogens (tertiary/aromatic N) is 2. The first-order chi connectivity index (χ1) is 13.0. The number of ether oxygens (including phenoxy) is 2. The molecular weight excluding hydrogens is 344 g/mol. The molecule has 0 aromatic heterocycles. The quantitative estimate of drug-likeness (QED) is 0.838. The summed E-state index contributed by atoms with van der Waals surface area (Å²) in [6.07, 6.45) is 0.351. The first-order valence-electron chi connectivity index (χ1n) is 8.98. The van der Waals surface area contributed by atoms with E-state index in [1.54, 1.807) is 24.0 Å². The zero-order valence-corrected chi connectivity index (χ0v) is 15.5. The van der Waals surface area contributed by atoms with E-state index in [-0.39, 0.29) is 12.0 Å². The van der Waals surface area contributed by atoms with E-state index >= 15 is 0 Å². The lowest BCUT2D eigenvalue weighted by Crippen LogP contribution is -2.39. The van der Waals surface area contributed by atoms with Crippen LogP contribution in [-0.2, 0) is 4.74 Å². The Hall–Kier alpha value is -3.02. The Balaban J connectivity index is 1.56. The number of benzene rings is 2. The largest absolute Gasteiger partial charge is 0.496 e. The van der Waals surface area contributed by atoms with Gasteiger partial charge in [-0.1, -0.05) is 30.3 Å². The van der Waals surface area contributed by atoms with Gasteiger partial charge in [0.15, 0.2) is 5.60 Å². The summed E-state index contributed by atoms with van der Waals surface area (Å²) in [5, 5.41) is 0. The van der Waals surface area contributed by atoms with Crippen molar-refractivity contribution in [3.05, 3.63) is 54.1 Å². The number of carbonyl (C=O) groups is 2. The minimum atomic E-state index is -0.568. The SMILES string of the molecule is COc1ccccc1-c1cccc(C(=O)N2CCC3(CN(C)C(=O)O3)C2)c1. The molecule has 0 saturated carbocycles. The molecule has 0 N–H and O–H groups in total. The molecule has 2 heterocycles. The average Bonchev–Trinajstić information content (AvgIpc) is 3.23. The van der Waals surface area contributed by atoms with Crippen LogP contribution >= 0.6 is 0 Å². The standard InChI is InChI=1S/C21H22N2O4/c1-22-13-21(27-20(22)25)10-11-23(14-21)19(24)16-7-5-6-15(12-16)17-8-3-4-9-18(17)26-2/h3-9,12H,10-11,13-14H2,1-2H3. The van der Waals surface area contributed by atoms with Gasteiger partial charge in [-0.3, -0.25) is 4.79 Å². The third-order valence-electron chi connectivity index (χ3n) is 5.27. The molecule has 27 heavy (non-hydrogen) atoms.